The standard InChI is InChI=1S/C16H18N4S/c1-10-6-4-5-7-12(10)9-18-14-13-8-11(2)21-15(13)20-16(17-3)19-14/h4-8H,9H2,1-3H3,(H2,17,18,19,20). The van der Waals surface area contributed by atoms with Gasteiger partial charge in [0.1, 0.15) is 10.6 Å². The number of anilines is 2. The number of aryl methyl sites for hydroxylation is 2. The van der Waals surface area contributed by atoms with Gasteiger partial charge in [-0.25, -0.2) is 4.98 Å². The van der Waals surface area contributed by atoms with Gasteiger partial charge in [-0.1, -0.05) is 24.3 Å². The van der Waals surface area contributed by atoms with Crippen molar-refractivity contribution in [2.24, 2.45) is 0 Å². The molecule has 0 radical (unpaired) electrons. The molecule has 4 nitrogen and oxygen atoms in total. The summed E-state index contributed by atoms with van der Waals surface area (Å²) in [6, 6.07) is 10.5. The highest BCUT2D eigenvalue weighted by atomic mass is 32.1. The van der Waals surface area contributed by atoms with Crippen molar-refractivity contribution < 1.29 is 0 Å². The lowest BCUT2D eigenvalue weighted by Gasteiger charge is -2.10. The van der Waals surface area contributed by atoms with E-state index in [9.17, 15) is 0 Å². The van der Waals surface area contributed by atoms with Crippen LogP contribution in [-0.2, 0) is 6.54 Å². The Hall–Kier alpha value is -2.14. The summed E-state index contributed by atoms with van der Waals surface area (Å²) < 4.78 is 0. The zero-order valence-corrected chi connectivity index (χ0v) is 13.2. The van der Waals surface area contributed by atoms with Crippen molar-refractivity contribution in [2.45, 2.75) is 20.4 Å². The van der Waals surface area contributed by atoms with Crippen molar-refractivity contribution in [3.8, 4) is 0 Å². The van der Waals surface area contributed by atoms with E-state index in [4.69, 9.17) is 0 Å². The zero-order chi connectivity index (χ0) is 14.8. The lowest BCUT2D eigenvalue weighted by molar-refractivity contribution is 1.08. The SMILES string of the molecule is CNc1nc(NCc2ccccc2C)c2cc(C)sc2n1. The summed E-state index contributed by atoms with van der Waals surface area (Å²) in [4.78, 5) is 11.3. The molecule has 0 bridgehead atoms. The summed E-state index contributed by atoms with van der Waals surface area (Å²) in [6.45, 7) is 4.98. The smallest absolute Gasteiger partial charge is 0.225 e. The van der Waals surface area contributed by atoms with E-state index >= 15 is 0 Å². The van der Waals surface area contributed by atoms with Gasteiger partial charge in [-0.05, 0) is 31.0 Å². The van der Waals surface area contributed by atoms with E-state index in [1.807, 2.05) is 7.05 Å². The van der Waals surface area contributed by atoms with Gasteiger partial charge >= 0.3 is 0 Å². The van der Waals surface area contributed by atoms with Crippen molar-refractivity contribution in [1.29, 1.82) is 0 Å². The average Bonchev–Trinajstić information content (AvgIpc) is 2.86. The van der Waals surface area contributed by atoms with Crippen LogP contribution in [-0.4, -0.2) is 17.0 Å². The molecule has 21 heavy (non-hydrogen) atoms. The number of hydrogen-bond acceptors (Lipinski definition) is 5. The first-order valence-electron chi connectivity index (χ1n) is 6.91. The van der Waals surface area contributed by atoms with E-state index in [2.05, 4.69) is 64.8 Å². The Labute approximate surface area is 128 Å². The summed E-state index contributed by atoms with van der Waals surface area (Å²) in [5.74, 6) is 1.54. The van der Waals surface area contributed by atoms with E-state index in [0.717, 1.165) is 22.6 Å². The van der Waals surface area contributed by atoms with Crippen molar-refractivity contribution in [2.75, 3.05) is 17.7 Å². The molecule has 1 aromatic carbocycles. The lowest BCUT2D eigenvalue weighted by atomic mass is 10.1. The summed E-state index contributed by atoms with van der Waals surface area (Å²) in [5.41, 5.74) is 2.56. The minimum Gasteiger partial charge on any atom is -0.365 e. The van der Waals surface area contributed by atoms with Crippen LogP contribution in [0.5, 0.6) is 0 Å². The fourth-order valence-corrected chi connectivity index (χ4v) is 3.16. The van der Waals surface area contributed by atoms with Gasteiger partial charge in [0.15, 0.2) is 0 Å². The number of aromatic nitrogens is 2. The van der Waals surface area contributed by atoms with Crippen LogP contribution in [0, 0.1) is 13.8 Å². The number of hydrogen-bond donors (Lipinski definition) is 2. The Morgan fingerprint density at radius 3 is 2.71 bits per heavy atom. The highest BCUT2D eigenvalue weighted by molar-refractivity contribution is 7.18. The second kappa shape index (κ2) is 5.69. The van der Waals surface area contributed by atoms with Crippen LogP contribution in [0.15, 0.2) is 30.3 Å². The van der Waals surface area contributed by atoms with Gasteiger partial charge in [0.2, 0.25) is 5.95 Å². The maximum atomic E-state index is 4.55. The van der Waals surface area contributed by atoms with Crippen LogP contribution < -0.4 is 10.6 Å². The van der Waals surface area contributed by atoms with Crippen LogP contribution in [0.2, 0.25) is 0 Å². The summed E-state index contributed by atoms with van der Waals surface area (Å²) in [5, 5.41) is 7.56. The van der Waals surface area contributed by atoms with Crippen molar-refractivity contribution in [1.82, 2.24) is 9.97 Å². The summed E-state index contributed by atoms with van der Waals surface area (Å²) in [7, 11) is 1.84. The van der Waals surface area contributed by atoms with E-state index in [1.165, 1.54) is 16.0 Å². The Morgan fingerprint density at radius 1 is 1.14 bits per heavy atom. The third-order valence-corrected chi connectivity index (χ3v) is 4.39. The maximum absolute atomic E-state index is 4.55. The van der Waals surface area contributed by atoms with E-state index in [1.54, 1.807) is 11.3 Å². The van der Waals surface area contributed by atoms with E-state index in [0.29, 0.717) is 5.95 Å². The number of nitrogens with one attached hydrogen (secondary N) is 2. The summed E-state index contributed by atoms with van der Waals surface area (Å²) >= 11 is 1.69. The molecule has 0 spiro atoms. The van der Waals surface area contributed by atoms with Gasteiger partial charge in [0.05, 0.1) is 5.39 Å². The van der Waals surface area contributed by atoms with Crippen molar-refractivity contribution in [3.63, 3.8) is 0 Å². The average molecular weight is 298 g/mol. The first-order valence-corrected chi connectivity index (χ1v) is 7.73. The van der Waals surface area contributed by atoms with Crippen molar-refractivity contribution in [3.05, 3.63) is 46.3 Å². The molecule has 2 heterocycles. The molecule has 2 aromatic heterocycles. The van der Waals surface area contributed by atoms with Gasteiger partial charge in [-0.3, -0.25) is 0 Å². The number of fused-ring (bicyclic) bond motifs is 1. The number of rotatable bonds is 4. The lowest BCUT2D eigenvalue weighted by Crippen LogP contribution is -2.05. The first kappa shape index (κ1) is 13.8. The molecule has 0 saturated heterocycles. The van der Waals surface area contributed by atoms with Gasteiger partial charge < -0.3 is 10.6 Å². The van der Waals surface area contributed by atoms with Crippen LogP contribution in [0.4, 0.5) is 11.8 Å². The van der Waals surface area contributed by atoms with E-state index < -0.39 is 0 Å². The van der Waals surface area contributed by atoms with Crippen LogP contribution in [0.25, 0.3) is 10.2 Å². The van der Waals surface area contributed by atoms with Crippen molar-refractivity contribution >= 4 is 33.3 Å². The number of nitrogens with zero attached hydrogens (tertiary/aromatic N) is 2. The second-order valence-corrected chi connectivity index (χ2v) is 6.24. The van der Waals surface area contributed by atoms with Crippen LogP contribution in [0.1, 0.15) is 16.0 Å². The highest BCUT2D eigenvalue weighted by Crippen LogP contribution is 2.29. The Balaban J connectivity index is 1.94. The molecule has 0 atom stereocenters. The third-order valence-electron chi connectivity index (χ3n) is 3.45. The quantitative estimate of drug-likeness (QED) is 0.765. The van der Waals surface area contributed by atoms with Gasteiger partial charge in [0.25, 0.3) is 0 Å². The molecule has 0 saturated carbocycles. The highest BCUT2D eigenvalue weighted by Gasteiger charge is 2.10. The number of benzene rings is 1. The third kappa shape index (κ3) is 2.83. The minimum absolute atomic E-state index is 0.650. The zero-order valence-electron chi connectivity index (χ0n) is 12.4. The van der Waals surface area contributed by atoms with E-state index in [-0.39, 0.29) is 0 Å². The minimum atomic E-state index is 0.650. The first-order chi connectivity index (χ1) is 10.2. The second-order valence-electron chi connectivity index (χ2n) is 5.00. The molecule has 2 N–H and O–H groups in total. The summed E-state index contributed by atoms with van der Waals surface area (Å²) in [6.07, 6.45) is 0. The van der Waals surface area contributed by atoms with Gasteiger partial charge in [0, 0.05) is 18.5 Å². The number of thiophene rings is 1. The molecule has 0 amide bonds. The Bertz CT molecular complexity index is 779. The topological polar surface area (TPSA) is 49.8 Å². The predicted octanol–water partition coefficient (Wildman–Crippen LogP) is 3.96. The fraction of sp³-hybridized carbons (Fsp3) is 0.250. The van der Waals surface area contributed by atoms with Gasteiger partial charge in [-0.2, -0.15) is 4.98 Å². The van der Waals surface area contributed by atoms with Gasteiger partial charge in [-0.15, -0.1) is 11.3 Å². The molecule has 3 aromatic rings. The van der Waals surface area contributed by atoms with Crippen LogP contribution in [0.3, 0.4) is 0 Å². The molecule has 0 aliphatic heterocycles. The molecular formula is C16H18N4S. The molecule has 0 aliphatic rings. The molecule has 0 unspecified atom stereocenters. The molecule has 5 heteroatoms. The largest absolute Gasteiger partial charge is 0.365 e. The molecule has 3 rings (SSSR count). The molecule has 0 aliphatic carbocycles. The maximum Gasteiger partial charge on any atom is 0.225 e. The molecule has 0 fully saturated rings. The van der Waals surface area contributed by atoms with Crippen LogP contribution >= 0.6 is 11.3 Å². The Kier molecular flexibility index (Phi) is 3.75. The molecular weight excluding hydrogens is 280 g/mol. The monoisotopic (exact) mass is 298 g/mol. The predicted molar refractivity (Wildman–Crippen MR) is 90.2 cm³/mol. The molecule has 108 valence electrons. The Morgan fingerprint density at radius 2 is 1.95 bits per heavy atom. The fourth-order valence-electron chi connectivity index (χ4n) is 2.28. The normalized spacial score (nSPS) is 10.8.